The number of amides is 3. The van der Waals surface area contributed by atoms with Crippen molar-refractivity contribution in [2.75, 3.05) is 6.54 Å². The number of hydrogen-bond donors (Lipinski definition) is 3. The molecule has 0 radical (unpaired) electrons. The van der Waals surface area contributed by atoms with Crippen molar-refractivity contribution >= 4 is 11.9 Å². The van der Waals surface area contributed by atoms with Gasteiger partial charge in [-0.1, -0.05) is 42.5 Å². The van der Waals surface area contributed by atoms with Crippen molar-refractivity contribution in [3.05, 3.63) is 71.5 Å². The SMILES string of the molecule is C[C@@H](NC(=O)CNC(=O)NCc1ccc(F)cc1)c1ccccc1. The molecule has 0 unspecified atom stereocenters. The van der Waals surface area contributed by atoms with E-state index < -0.39 is 6.03 Å². The van der Waals surface area contributed by atoms with Crippen molar-refractivity contribution in [1.29, 1.82) is 0 Å². The van der Waals surface area contributed by atoms with E-state index in [4.69, 9.17) is 0 Å². The summed E-state index contributed by atoms with van der Waals surface area (Å²) >= 11 is 0. The fourth-order valence-electron chi connectivity index (χ4n) is 2.13. The number of urea groups is 1. The first-order chi connectivity index (χ1) is 11.5. The molecule has 6 heteroatoms. The minimum atomic E-state index is -0.457. The van der Waals surface area contributed by atoms with Crippen LogP contribution in [-0.4, -0.2) is 18.5 Å². The van der Waals surface area contributed by atoms with Crippen LogP contribution in [0.5, 0.6) is 0 Å². The van der Waals surface area contributed by atoms with Gasteiger partial charge in [0, 0.05) is 6.54 Å². The molecule has 0 aliphatic rings. The third-order valence-electron chi connectivity index (χ3n) is 3.45. The molecule has 3 N–H and O–H groups in total. The Kier molecular flexibility index (Phi) is 6.31. The number of benzene rings is 2. The molecular formula is C18H20FN3O2. The van der Waals surface area contributed by atoms with Gasteiger partial charge < -0.3 is 16.0 Å². The molecule has 2 rings (SSSR count). The molecule has 126 valence electrons. The highest BCUT2D eigenvalue weighted by Gasteiger charge is 2.10. The molecule has 2 aromatic carbocycles. The van der Waals surface area contributed by atoms with Crippen molar-refractivity contribution in [3.63, 3.8) is 0 Å². The Balaban J connectivity index is 1.69. The molecule has 0 aliphatic carbocycles. The van der Waals surface area contributed by atoms with Gasteiger partial charge in [-0.3, -0.25) is 4.79 Å². The molecule has 0 bridgehead atoms. The first-order valence-corrected chi connectivity index (χ1v) is 7.65. The van der Waals surface area contributed by atoms with Crippen LogP contribution in [0, 0.1) is 5.82 Å². The Morgan fingerprint density at radius 3 is 2.33 bits per heavy atom. The summed E-state index contributed by atoms with van der Waals surface area (Å²) in [5.41, 5.74) is 1.76. The highest BCUT2D eigenvalue weighted by molar-refractivity contribution is 5.84. The maximum Gasteiger partial charge on any atom is 0.315 e. The molecule has 0 spiro atoms. The number of nitrogens with one attached hydrogen (secondary N) is 3. The van der Waals surface area contributed by atoms with Crippen molar-refractivity contribution in [2.24, 2.45) is 0 Å². The van der Waals surface area contributed by atoms with E-state index in [2.05, 4.69) is 16.0 Å². The van der Waals surface area contributed by atoms with Crippen LogP contribution in [-0.2, 0) is 11.3 Å². The second-order valence-electron chi connectivity index (χ2n) is 5.36. The van der Waals surface area contributed by atoms with Crippen LogP contribution in [0.4, 0.5) is 9.18 Å². The standard InChI is InChI=1S/C18H20FN3O2/c1-13(15-5-3-2-4-6-15)22-17(23)12-21-18(24)20-11-14-7-9-16(19)10-8-14/h2-10,13H,11-12H2,1H3,(H,22,23)(H2,20,21,24)/t13-/m1/s1. The number of rotatable bonds is 6. The number of halogens is 1. The maximum atomic E-state index is 12.8. The van der Waals surface area contributed by atoms with Gasteiger partial charge >= 0.3 is 6.03 Å². The third-order valence-corrected chi connectivity index (χ3v) is 3.45. The van der Waals surface area contributed by atoms with E-state index >= 15 is 0 Å². The van der Waals surface area contributed by atoms with Gasteiger partial charge in [0.1, 0.15) is 5.82 Å². The number of hydrogen-bond acceptors (Lipinski definition) is 2. The zero-order valence-electron chi connectivity index (χ0n) is 13.4. The second-order valence-corrected chi connectivity index (χ2v) is 5.36. The summed E-state index contributed by atoms with van der Waals surface area (Å²) in [5.74, 6) is -0.601. The van der Waals surface area contributed by atoms with Gasteiger partial charge in [-0.25, -0.2) is 9.18 Å². The van der Waals surface area contributed by atoms with Gasteiger partial charge in [0.25, 0.3) is 0 Å². The van der Waals surface area contributed by atoms with Crippen molar-refractivity contribution in [1.82, 2.24) is 16.0 Å². The lowest BCUT2D eigenvalue weighted by Gasteiger charge is -2.14. The Hall–Kier alpha value is -2.89. The molecule has 5 nitrogen and oxygen atoms in total. The van der Waals surface area contributed by atoms with E-state index in [-0.39, 0.29) is 30.9 Å². The summed E-state index contributed by atoms with van der Waals surface area (Å²) in [6.07, 6.45) is 0. The van der Waals surface area contributed by atoms with Crippen LogP contribution in [0.2, 0.25) is 0 Å². The van der Waals surface area contributed by atoms with Crippen molar-refractivity contribution in [2.45, 2.75) is 19.5 Å². The van der Waals surface area contributed by atoms with Gasteiger partial charge in [-0.2, -0.15) is 0 Å². The van der Waals surface area contributed by atoms with Crippen LogP contribution >= 0.6 is 0 Å². The third kappa shape index (κ3) is 5.72. The monoisotopic (exact) mass is 329 g/mol. The Bertz CT molecular complexity index is 674. The van der Waals surface area contributed by atoms with Crippen LogP contribution in [0.25, 0.3) is 0 Å². The topological polar surface area (TPSA) is 70.2 Å². The van der Waals surface area contributed by atoms with Gasteiger partial charge in [0.05, 0.1) is 12.6 Å². The van der Waals surface area contributed by atoms with E-state index in [9.17, 15) is 14.0 Å². The van der Waals surface area contributed by atoms with E-state index in [1.807, 2.05) is 37.3 Å². The lowest BCUT2D eigenvalue weighted by Crippen LogP contribution is -2.42. The average Bonchev–Trinajstić information content (AvgIpc) is 2.60. The van der Waals surface area contributed by atoms with E-state index in [0.717, 1.165) is 11.1 Å². The molecule has 0 heterocycles. The maximum absolute atomic E-state index is 12.8. The largest absolute Gasteiger partial charge is 0.348 e. The fourth-order valence-corrected chi connectivity index (χ4v) is 2.13. The quantitative estimate of drug-likeness (QED) is 0.762. The zero-order chi connectivity index (χ0) is 17.4. The van der Waals surface area contributed by atoms with E-state index in [1.54, 1.807) is 12.1 Å². The minimum Gasteiger partial charge on any atom is -0.348 e. The molecule has 3 amide bonds. The molecule has 0 aromatic heterocycles. The van der Waals surface area contributed by atoms with Gasteiger partial charge in [-0.15, -0.1) is 0 Å². The summed E-state index contributed by atoms with van der Waals surface area (Å²) in [6.45, 7) is 2.02. The summed E-state index contributed by atoms with van der Waals surface area (Å²) < 4.78 is 12.8. The minimum absolute atomic E-state index is 0.119. The molecule has 2 aromatic rings. The molecule has 0 fully saturated rings. The molecular weight excluding hydrogens is 309 g/mol. The highest BCUT2D eigenvalue weighted by atomic mass is 19.1. The Morgan fingerprint density at radius 1 is 1.00 bits per heavy atom. The van der Waals surface area contributed by atoms with Crippen LogP contribution in [0.15, 0.2) is 54.6 Å². The predicted octanol–water partition coefficient (Wildman–Crippen LogP) is 2.50. The summed E-state index contributed by atoms with van der Waals surface area (Å²) in [4.78, 5) is 23.5. The summed E-state index contributed by atoms with van der Waals surface area (Å²) in [7, 11) is 0. The lowest BCUT2D eigenvalue weighted by atomic mass is 10.1. The van der Waals surface area contributed by atoms with Crippen LogP contribution in [0.3, 0.4) is 0 Å². The van der Waals surface area contributed by atoms with Crippen molar-refractivity contribution < 1.29 is 14.0 Å². The van der Waals surface area contributed by atoms with Gasteiger partial charge in [0.2, 0.25) is 5.91 Å². The normalized spacial score (nSPS) is 11.4. The van der Waals surface area contributed by atoms with Crippen LogP contribution in [0.1, 0.15) is 24.1 Å². The molecule has 1 atom stereocenters. The van der Waals surface area contributed by atoms with Crippen LogP contribution < -0.4 is 16.0 Å². The second kappa shape index (κ2) is 8.67. The van der Waals surface area contributed by atoms with Crippen molar-refractivity contribution in [3.8, 4) is 0 Å². The molecule has 0 saturated heterocycles. The predicted molar refractivity (Wildman–Crippen MR) is 89.6 cm³/mol. The highest BCUT2D eigenvalue weighted by Crippen LogP contribution is 2.10. The van der Waals surface area contributed by atoms with E-state index in [0.29, 0.717) is 0 Å². The summed E-state index contributed by atoms with van der Waals surface area (Å²) in [6, 6.07) is 14.8. The molecule has 0 saturated carbocycles. The lowest BCUT2D eigenvalue weighted by molar-refractivity contribution is -0.120. The Labute approximate surface area is 140 Å². The van der Waals surface area contributed by atoms with Gasteiger partial charge in [-0.05, 0) is 30.2 Å². The summed E-state index contributed by atoms with van der Waals surface area (Å²) in [5, 5.41) is 7.90. The molecule has 24 heavy (non-hydrogen) atoms. The Morgan fingerprint density at radius 2 is 1.67 bits per heavy atom. The fraction of sp³-hybridized carbons (Fsp3) is 0.222. The average molecular weight is 329 g/mol. The zero-order valence-corrected chi connectivity index (χ0v) is 13.4. The smallest absolute Gasteiger partial charge is 0.315 e. The van der Waals surface area contributed by atoms with E-state index in [1.165, 1.54) is 12.1 Å². The first kappa shape index (κ1) is 17.5. The van der Waals surface area contributed by atoms with Gasteiger partial charge in [0.15, 0.2) is 0 Å². The molecule has 0 aliphatic heterocycles. The first-order valence-electron chi connectivity index (χ1n) is 7.65. The number of carbonyl (C=O) groups excluding carboxylic acids is 2. The number of carbonyl (C=O) groups is 2.